The van der Waals surface area contributed by atoms with Crippen LogP contribution in [0.2, 0.25) is 0 Å². The predicted molar refractivity (Wildman–Crippen MR) is 107 cm³/mol. The average molecular weight is 426 g/mol. The third kappa shape index (κ3) is 3.56. The molecule has 6 nitrogen and oxygen atoms in total. The summed E-state index contributed by atoms with van der Waals surface area (Å²) in [6.45, 7) is 0. The quantitative estimate of drug-likeness (QED) is 0.444. The van der Waals surface area contributed by atoms with E-state index in [9.17, 15) is 4.79 Å². The van der Waals surface area contributed by atoms with E-state index in [1.165, 1.54) is 11.3 Å². The molecule has 0 fully saturated rings. The molecule has 1 aromatic carbocycles. The van der Waals surface area contributed by atoms with Crippen molar-refractivity contribution in [3.05, 3.63) is 64.8 Å². The number of hydrogen-bond acceptors (Lipinski definition) is 5. The molecule has 0 aliphatic heterocycles. The number of fused-ring (bicyclic) bond motifs is 1. The summed E-state index contributed by atoms with van der Waals surface area (Å²) in [4.78, 5) is 25.0. The van der Waals surface area contributed by atoms with Gasteiger partial charge in [0.2, 0.25) is 0 Å². The Hall–Kier alpha value is -2.84. The number of rotatable bonds is 3. The maximum atomic E-state index is 12.3. The number of aromatic nitrogens is 3. The van der Waals surface area contributed by atoms with Crippen molar-refractivity contribution in [2.75, 3.05) is 10.6 Å². The number of urea groups is 1. The van der Waals surface area contributed by atoms with Gasteiger partial charge in [-0.1, -0.05) is 24.3 Å². The largest absolute Gasteiger partial charge is 0.326 e. The Morgan fingerprint density at radius 2 is 1.77 bits per heavy atom. The van der Waals surface area contributed by atoms with Gasteiger partial charge < -0.3 is 0 Å². The van der Waals surface area contributed by atoms with Crippen molar-refractivity contribution >= 4 is 55.7 Å². The zero-order valence-corrected chi connectivity index (χ0v) is 15.7. The lowest BCUT2D eigenvalue weighted by molar-refractivity contribution is 0.262. The second-order valence-corrected chi connectivity index (χ2v) is 6.98. The van der Waals surface area contributed by atoms with Crippen molar-refractivity contribution in [1.29, 1.82) is 0 Å². The maximum Gasteiger partial charge on any atom is 0.326 e. The van der Waals surface area contributed by atoms with Crippen molar-refractivity contribution in [3.63, 3.8) is 0 Å². The minimum atomic E-state index is -0.397. The molecule has 2 N–H and O–H groups in total. The van der Waals surface area contributed by atoms with Gasteiger partial charge >= 0.3 is 6.03 Å². The molecule has 2 amide bonds. The van der Waals surface area contributed by atoms with E-state index < -0.39 is 6.03 Å². The predicted octanol–water partition coefficient (Wildman–Crippen LogP) is 5.16. The van der Waals surface area contributed by atoms with Gasteiger partial charge in [0.15, 0.2) is 0 Å². The van der Waals surface area contributed by atoms with E-state index >= 15 is 0 Å². The topological polar surface area (TPSA) is 79.8 Å². The smallest absolute Gasteiger partial charge is 0.292 e. The first kappa shape index (κ1) is 16.6. The van der Waals surface area contributed by atoms with Crippen LogP contribution in [0.15, 0.2) is 64.8 Å². The van der Waals surface area contributed by atoms with E-state index in [2.05, 4.69) is 41.5 Å². The van der Waals surface area contributed by atoms with Gasteiger partial charge in [-0.2, -0.15) is 0 Å². The lowest BCUT2D eigenvalue weighted by atomic mass is 10.2. The lowest BCUT2D eigenvalue weighted by Crippen LogP contribution is -2.20. The van der Waals surface area contributed by atoms with Gasteiger partial charge in [0.05, 0.1) is 0 Å². The molecule has 4 aromatic rings. The van der Waals surface area contributed by atoms with Crippen LogP contribution >= 0.6 is 27.3 Å². The molecular weight excluding hydrogens is 414 g/mol. The molecule has 3 heterocycles. The monoisotopic (exact) mass is 425 g/mol. The van der Waals surface area contributed by atoms with Crippen LogP contribution in [0.25, 0.3) is 21.3 Å². The fourth-order valence-electron chi connectivity index (χ4n) is 2.44. The number of nitrogens with zero attached hydrogens (tertiary/aromatic N) is 3. The van der Waals surface area contributed by atoms with Crippen molar-refractivity contribution in [1.82, 2.24) is 15.0 Å². The van der Waals surface area contributed by atoms with Crippen LogP contribution in [0, 0.1) is 0 Å². The number of carbonyl (C=O) groups excluding carboxylic acids is 1. The van der Waals surface area contributed by atoms with Crippen molar-refractivity contribution in [2.45, 2.75) is 0 Å². The highest BCUT2D eigenvalue weighted by Gasteiger charge is 2.10. The highest BCUT2D eigenvalue weighted by molar-refractivity contribution is 9.10. The van der Waals surface area contributed by atoms with E-state index in [0.29, 0.717) is 16.2 Å². The molecule has 0 unspecified atom stereocenters. The molecule has 0 saturated carbocycles. The molecule has 4 rings (SSSR count). The molecule has 0 spiro atoms. The summed E-state index contributed by atoms with van der Waals surface area (Å²) in [5.74, 6) is 0.942. The first-order chi connectivity index (χ1) is 12.7. The maximum absolute atomic E-state index is 12.3. The molecule has 0 bridgehead atoms. The van der Waals surface area contributed by atoms with Gasteiger partial charge in [0, 0.05) is 28.7 Å². The normalized spacial score (nSPS) is 10.7. The van der Waals surface area contributed by atoms with E-state index in [1.54, 1.807) is 17.8 Å². The molecule has 0 saturated heterocycles. The highest BCUT2D eigenvalue weighted by Crippen LogP contribution is 2.26. The first-order valence-electron chi connectivity index (χ1n) is 7.68. The molecule has 3 aromatic heterocycles. The van der Waals surface area contributed by atoms with Crippen LogP contribution in [0.3, 0.4) is 0 Å². The minimum absolute atomic E-state index is 0.397. The summed E-state index contributed by atoms with van der Waals surface area (Å²) in [5.41, 5.74) is 0.957. The van der Waals surface area contributed by atoms with Gasteiger partial charge in [0.25, 0.3) is 0 Å². The number of halogens is 1. The zero-order valence-electron chi connectivity index (χ0n) is 13.3. The lowest BCUT2D eigenvalue weighted by Gasteiger charge is -2.07. The van der Waals surface area contributed by atoms with E-state index in [-0.39, 0.29) is 0 Å². The second-order valence-electron chi connectivity index (χ2n) is 5.37. The zero-order chi connectivity index (χ0) is 17.9. The Morgan fingerprint density at radius 1 is 1.00 bits per heavy atom. The van der Waals surface area contributed by atoms with Crippen LogP contribution in [0.1, 0.15) is 0 Å². The number of benzene rings is 1. The van der Waals surface area contributed by atoms with Gasteiger partial charge in [-0.05, 0) is 39.5 Å². The number of nitrogens with one attached hydrogen (secondary N) is 2. The van der Waals surface area contributed by atoms with Crippen LogP contribution in [0.4, 0.5) is 16.4 Å². The summed E-state index contributed by atoms with van der Waals surface area (Å²) in [6.07, 6.45) is 3.42. The summed E-state index contributed by atoms with van der Waals surface area (Å²) >= 11 is 4.89. The number of anilines is 2. The SMILES string of the molecule is O=C(Nc1csc(-c2ccncc2)n1)Nc1cc2ccccc2c(Br)n1. The summed E-state index contributed by atoms with van der Waals surface area (Å²) in [5, 5.41) is 10.0. The fraction of sp³-hybridized carbons (Fsp3) is 0. The summed E-state index contributed by atoms with van der Waals surface area (Å²) in [6, 6.07) is 13.0. The van der Waals surface area contributed by atoms with Crippen molar-refractivity contribution < 1.29 is 4.79 Å². The molecule has 26 heavy (non-hydrogen) atoms. The van der Waals surface area contributed by atoms with E-state index in [1.807, 2.05) is 42.5 Å². The number of carbonyl (C=O) groups is 1. The number of pyridine rings is 2. The van der Waals surface area contributed by atoms with Crippen LogP contribution in [-0.2, 0) is 0 Å². The second kappa shape index (κ2) is 7.19. The fourth-order valence-corrected chi connectivity index (χ4v) is 3.75. The van der Waals surface area contributed by atoms with Crippen LogP contribution < -0.4 is 10.6 Å². The van der Waals surface area contributed by atoms with Gasteiger partial charge in [0.1, 0.15) is 21.2 Å². The molecule has 0 aliphatic rings. The minimum Gasteiger partial charge on any atom is -0.292 e. The van der Waals surface area contributed by atoms with Gasteiger partial charge in [-0.15, -0.1) is 11.3 Å². The number of thiazole rings is 1. The standard InChI is InChI=1S/C18H12BrN5OS/c19-16-13-4-2-1-3-12(13)9-14(21-16)23-18(25)24-15-10-26-17(22-15)11-5-7-20-8-6-11/h1-10H,(H2,21,23,24,25). The Labute approximate surface area is 161 Å². The van der Waals surface area contributed by atoms with Crippen LogP contribution in [0.5, 0.6) is 0 Å². The number of amides is 2. The van der Waals surface area contributed by atoms with Gasteiger partial charge in [-0.3, -0.25) is 15.6 Å². The molecular formula is C18H12BrN5OS. The van der Waals surface area contributed by atoms with Crippen molar-refractivity contribution in [2.24, 2.45) is 0 Å². The summed E-state index contributed by atoms with van der Waals surface area (Å²) in [7, 11) is 0. The molecule has 0 radical (unpaired) electrons. The molecule has 0 aliphatic carbocycles. The number of hydrogen-bond donors (Lipinski definition) is 2. The van der Waals surface area contributed by atoms with E-state index in [0.717, 1.165) is 21.3 Å². The molecule has 128 valence electrons. The van der Waals surface area contributed by atoms with Crippen molar-refractivity contribution in [3.8, 4) is 10.6 Å². The third-order valence-corrected chi connectivity index (χ3v) is 5.10. The summed E-state index contributed by atoms with van der Waals surface area (Å²) < 4.78 is 0.680. The first-order valence-corrected chi connectivity index (χ1v) is 9.35. The Morgan fingerprint density at radius 3 is 2.62 bits per heavy atom. The average Bonchev–Trinajstić information content (AvgIpc) is 3.11. The van der Waals surface area contributed by atoms with Gasteiger partial charge in [-0.25, -0.2) is 14.8 Å². The van der Waals surface area contributed by atoms with Crippen LogP contribution in [-0.4, -0.2) is 21.0 Å². The molecule has 8 heteroatoms. The Bertz CT molecular complexity index is 1080. The Kier molecular flexibility index (Phi) is 4.59. The molecule has 0 atom stereocenters. The van der Waals surface area contributed by atoms with E-state index in [4.69, 9.17) is 0 Å². The Balaban J connectivity index is 1.49. The highest BCUT2D eigenvalue weighted by atomic mass is 79.9. The third-order valence-electron chi connectivity index (χ3n) is 3.61.